The van der Waals surface area contributed by atoms with Gasteiger partial charge in [0.25, 0.3) is 5.91 Å². The predicted molar refractivity (Wildman–Crippen MR) is 91.6 cm³/mol. The van der Waals surface area contributed by atoms with Gasteiger partial charge in [-0.25, -0.2) is 9.48 Å². The fraction of sp³-hybridized carbons (Fsp3) is 0.462. The van der Waals surface area contributed by atoms with Crippen molar-refractivity contribution in [2.45, 2.75) is 29.9 Å². The van der Waals surface area contributed by atoms with E-state index < -0.39 is 36.0 Å². The van der Waals surface area contributed by atoms with Crippen LogP contribution >= 0.6 is 11.8 Å². The van der Waals surface area contributed by atoms with Crippen molar-refractivity contribution in [2.75, 3.05) is 12.3 Å². The summed E-state index contributed by atoms with van der Waals surface area (Å²) in [5.41, 5.74) is 4.87. The van der Waals surface area contributed by atoms with E-state index in [0.29, 0.717) is 6.41 Å². The van der Waals surface area contributed by atoms with E-state index in [-0.39, 0.29) is 65.0 Å². The van der Waals surface area contributed by atoms with Crippen LogP contribution in [-0.4, -0.2) is 119 Å². The van der Waals surface area contributed by atoms with Crippen LogP contribution in [0.15, 0.2) is 16.6 Å². The van der Waals surface area contributed by atoms with Gasteiger partial charge in [0.05, 0.1) is 12.3 Å². The average Bonchev–Trinajstić information content (AvgIpc) is 3.19. The van der Waals surface area contributed by atoms with Gasteiger partial charge in [0.2, 0.25) is 17.5 Å². The molecule has 0 spiro atoms. The number of nitrogens with zero attached hydrogens (tertiary/aromatic N) is 6. The van der Waals surface area contributed by atoms with Crippen molar-refractivity contribution < 1.29 is 29.0 Å². The van der Waals surface area contributed by atoms with Gasteiger partial charge < -0.3 is 20.5 Å². The SMILES string of the molecule is NC(=O)Cn1nnnc1SCC1=C(C(=O)O)N2C(=O)[C@@H]3[C@H]2[C@@H](CN3C=O)O1.[NaH]. The number of aromatic nitrogens is 4. The molecule has 2 fully saturated rings. The summed E-state index contributed by atoms with van der Waals surface area (Å²) in [4.78, 5) is 48.8. The Labute approximate surface area is 183 Å². The van der Waals surface area contributed by atoms with Crippen molar-refractivity contribution in [1.29, 1.82) is 0 Å². The summed E-state index contributed by atoms with van der Waals surface area (Å²) in [5, 5.41) is 20.6. The molecular formula is C13H14N7NaO6S. The van der Waals surface area contributed by atoms with Gasteiger partial charge in [-0.05, 0) is 10.4 Å². The molecule has 3 N–H and O–H groups in total. The summed E-state index contributed by atoms with van der Waals surface area (Å²) in [6.45, 7) is -0.0339. The number of rotatable bonds is 7. The molecule has 1 aromatic rings. The molecule has 15 heteroatoms. The van der Waals surface area contributed by atoms with Gasteiger partial charge in [-0.3, -0.25) is 19.3 Å². The van der Waals surface area contributed by atoms with Crippen molar-refractivity contribution >= 4 is 65.5 Å². The Hall–Kier alpha value is -2.16. The first kappa shape index (κ1) is 20.6. The van der Waals surface area contributed by atoms with E-state index in [1.807, 2.05) is 0 Å². The van der Waals surface area contributed by atoms with Crippen LogP contribution in [0.2, 0.25) is 0 Å². The predicted octanol–water partition coefficient (Wildman–Crippen LogP) is -3.65. The first-order valence-corrected chi connectivity index (χ1v) is 8.75. The number of β-lactam (4-membered cyclic amide) rings is 1. The maximum absolute atomic E-state index is 12.4. The van der Waals surface area contributed by atoms with E-state index in [4.69, 9.17) is 10.5 Å². The first-order valence-electron chi connectivity index (χ1n) is 7.77. The van der Waals surface area contributed by atoms with Crippen LogP contribution in [0.1, 0.15) is 0 Å². The van der Waals surface area contributed by atoms with Gasteiger partial charge in [-0.1, -0.05) is 11.8 Å². The van der Waals surface area contributed by atoms with Crippen molar-refractivity contribution in [3.05, 3.63) is 11.5 Å². The maximum atomic E-state index is 12.4. The number of amides is 3. The number of tetrazole rings is 1. The zero-order chi connectivity index (χ0) is 19.3. The van der Waals surface area contributed by atoms with Crippen LogP contribution in [0.25, 0.3) is 0 Å². The van der Waals surface area contributed by atoms with Gasteiger partial charge in [-0.2, -0.15) is 0 Å². The molecule has 3 aliphatic rings. The summed E-state index contributed by atoms with van der Waals surface area (Å²) in [5.74, 6) is -2.31. The van der Waals surface area contributed by atoms with E-state index in [0.717, 1.165) is 11.8 Å². The Bertz CT molecular complexity index is 890. The fourth-order valence-corrected chi connectivity index (χ4v) is 4.29. The van der Waals surface area contributed by atoms with Crippen LogP contribution in [0.4, 0.5) is 0 Å². The monoisotopic (exact) mass is 419 g/mol. The molecule has 3 atom stereocenters. The second-order valence-electron chi connectivity index (χ2n) is 6.05. The third-order valence-corrected chi connectivity index (χ3v) is 5.47. The number of carboxylic acid groups (broad SMARTS) is 1. The number of likely N-dealkylation sites (tertiary alicyclic amines) is 1. The number of thioether (sulfide) groups is 1. The Morgan fingerprint density at radius 2 is 2.18 bits per heavy atom. The number of aliphatic carboxylic acids is 1. The zero-order valence-corrected chi connectivity index (χ0v) is 14.4. The molecule has 0 bridgehead atoms. The van der Waals surface area contributed by atoms with E-state index >= 15 is 0 Å². The van der Waals surface area contributed by atoms with Crippen molar-refractivity contribution in [2.24, 2.45) is 5.73 Å². The van der Waals surface area contributed by atoms with E-state index in [1.165, 1.54) is 14.5 Å². The summed E-state index contributed by atoms with van der Waals surface area (Å²) < 4.78 is 6.97. The van der Waals surface area contributed by atoms with Crippen molar-refractivity contribution in [3.63, 3.8) is 0 Å². The van der Waals surface area contributed by atoms with Crippen LogP contribution < -0.4 is 5.73 Å². The van der Waals surface area contributed by atoms with E-state index in [2.05, 4.69) is 15.5 Å². The van der Waals surface area contributed by atoms with E-state index in [1.54, 1.807) is 0 Å². The van der Waals surface area contributed by atoms with Crippen LogP contribution in [-0.2, 0) is 30.5 Å². The second kappa shape index (κ2) is 7.69. The molecule has 0 aromatic carbocycles. The Morgan fingerprint density at radius 3 is 2.82 bits per heavy atom. The fourth-order valence-electron chi connectivity index (χ4n) is 3.48. The normalized spacial score (nSPS) is 24.9. The molecule has 0 radical (unpaired) electrons. The third kappa shape index (κ3) is 3.15. The Kier molecular flexibility index (Phi) is 5.65. The molecule has 1 aromatic heterocycles. The molecule has 4 heterocycles. The molecule has 0 aliphatic carbocycles. The molecule has 2 saturated heterocycles. The quantitative estimate of drug-likeness (QED) is 0.194. The number of primary amides is 1. The van der Waals surface area contributed by atoms with Gasteiger partial charge in [-0.15, -0.1) is 5.10 Å². The van der Waals surface area contributed by atoms with Gasteiger partial charge in [0.15, 0.2) is 5.70 Å². The summed E-state index contributed by atoms with van der Waals surface area (Å²) in [7, 11) is 0. The molecule has 28 heavy (non-hydrogen) atoms. The van der Waals surface area contributed by atoms with Crippen molar-refractivity contribution in [1.82, 2.24) is 30.0 Å². The number of nitrogens with two attached hydrogens (primary N) is 1. The summed E-state index contributed by atoms with van der Waals surface area (Å²) in [6.07, 6.45) is 0.0623. The summed E-state index contributed by atoms with van der Waals surface area (Å²) >= 11 is 1.04. The number of hydrogen-bond acceptors (Lipinski definition) is 9. The zero-order valence-electron chi connectivity index (χ0n) is 13.6. The molecule has 0 saturated carbocycles. The second-order valence-corrected chi connectivity index (χ2v) is 7.00. The molecule has 13 nitrogen and oxygen atoms in total. The Morgan fingerprint density at radius 1 is 1.43 bits per heavy atom. The standard InChI is InChI=1S/C13H13N7O6S.Na.H/c14-7(22)2-19-13(15-16-17-19)27-3-6-9(12(24)25)20-8-5(26-6)1-18(4-21)10(8)11(20)23;;/h4-5,8,10H,1-3H2,(H2,14,22)(H,24,25);;/t5-,8-,10+;;/m1../s1. The number of carbonyl (C=O) groups excluding carboxylic acids is 3. The van der Waals surface area contributed by atoms with Crippen molar-refractivity contribution in [3.8, 4) is 0 Å². The van der Waals surface area contributed by atoms with Crippen LogP contribution in [0.3, 0.4) is 0 Å². The van der Waals surface area contributed by atoms with Gasteiger partial charge in [0, 0.05) is 0 Å². The molecule has 0 unspecified atom stereocenters. The number of hydrogen-bond donors (Lipinski definition) is 2. The molecule has 144 valence electrons. The number of carbonyl (C=O) groups is 4. The molecular weight excluding hydrogens is 405 g/mol. The third-order valence-electron chi connectivity index (χ3n) is 4.51. The topological polar surface area (TPSA) is 174 Å². The molecule has 3 amide bonds. The van der Waals surface area contributed by atoms with E-state index in [9.17, 15) is 24.3 Å². The Balaban J connectivity index is 0.00000225. The minimum atomic E-state index is -1.31. The number of ether oxygens (including phenoxy) is 1. The summed E-state index contributed by atoms with van der Waals surface area (Å²) in [6, 6.07) is -1.18. The number of carboxylic acids is 1. The molecule has 3 aliphatic heterocycles. The minimum absolute atomic E-state index is 0. The van der Waals surface area contributed by atoms with Gasteiger partial charge in [0.1, 0.15) is 30.5 Å². The average molecular weight is 419 g/mol. The van der Waals surface area contributed by atoms with Gasteiger partial charge >= 0.3 is 35.5 Å². The first-order chi connectivity index (χ1) is 12.9. The molecule has 4 rings (SSSR count). The van der Waals surface area contributed by atoms with Crippen LogP contribution in [0, 0.1) is 0 Å². The van der Waals surface area contributed by atoms with Crippen LogP contribution in [0.5, 0.6) is 0 Å².